The van der Waals surface area contributed by atoms with Crippen LogP contribution in [0.3, 0.4) is 0 Å². The number of aryl methyl sites for hydroxylation is 1. The Balaban J connectivity index is 1.39. The van der Waals surface area contributed by atoms with Crippen molar-refractivity contribution >= 4 is 16.8 Å². The minimum absolute atomic E-state index is 0.0846. The summed E-state index contributed by atoms with van der Waals surface area (Å²) in [6.45, 7) is 3.62. The van der Waals surface area contributed by atoms with E-state index < -0.39 is 0 Å². The van der Waals surface area contributed by atoms with Crippen LogP contribution < -0.4 is 0 Å². The zero-order valence-electron chi connectivity index (χ0n) is 15.0. The van der Waals surface area contributed by atoms with Crippen molar-refractivity contribution < 1.29 is 9.18 Å². The van der Waals surface area contributed by atoms with E-state index in [4.69, 9.17) is 0 Å². The second-order valence-electron chi connectivity index (χ2n) is 7.28. The standard InChI is InChI=1S/C22H23FN2O/c1-15-5-6-20-18(11-15)14-21(24-20)17-7-9-25(10-8-17)22(26)13-16-3-2-4-19(23)12-16/h2-6,11-12,14,17,24H,7-10,13H2,1H3. The van der Waals surface area contributed by atoms with Crippen molar-refractivity contribution in [1.29, 1.82) is 0 Å². The van der Waals surface area contributed by atoms with Gasteiger partial charge in [0.2, 0.25) is 5.91 Å². The fourth-order valence-corrected chi connectivity index (χ4v) is 3.87. The third-order valence-corrected chi connectivity index (χ3v) is 5.33. The third-order valence-electron chi connectivity index (χ3n) is 5.33. The predicted molar refractivity (Wildman–Crippen MR) is 102 cm³/mol. The average Bonchev–Trinajstić information content (AvgIpc) is 3.05. The summed E-state index contributed by atoms with van der Waals surface area (Å²) in [7, 11) is 0. The zero-order valence-corrected chi connectivity index (χ0v) is 15.0. The van der Waals surface area contributed by atoms with Gasteiger partial charge < -0.3 is 9.88 Å². The van der Waals surface area contributed by atoms with Gasteiger partial charge in [-0.3, -0.25) is 4.79 Å². The van der Waals surface area contributed by atoms with Crippen molar-refractivity contribution in [3.63, 3.8) is 0 Å². The van der Waals surface area contributed by atoms with E-state index in [1.54, 1.807) is 12.1 Å². The largest absolute Gasteiger partial charge is 0.358 e. The van der Waals surface area contributed by atoms with Gasteiger partial charge >= 0.3 is 0 Å². The van der Waals surface area contributed by atoms with Crippen molar-refractivity contribution in [2.45, 2.75) is 32.1 Å². The number of halogens is 1. The summed E-state index contributed by atoms with van der Waals surface area (Å²) in [6, 6.07) is 15.0. The van der Waals surface area contributed by atoms with Crippen molar-refractivity contribution in [2.24, 2.45) is 0 Å². The maximum Gasteiger partial charge on any atom is 0.226 e. The van der Waals surface area contributed by atoms with Crippen molar-refractivity contribution in [3.8, 4) is 0 Å². The van der Waals surface area contributed by atoms with Crippen LogP contribution in [-0.2, 0) is 11.2 Å². The molecular formula is C22H23FN2O. The Morgan fingerprint density at radius 2 is 1.96 bits per heavy atom. The molecule has 134 valence electrons. The number of carbonyl (C=O) groups excluding carboxylic acids is 1. The maximum absolute atomic E-state index is 13.3. The molecule has 2 aromatic carbocycles. The van der Waals surface area contributed by atoms with E-state index in [0.717, 1.165) is 31.5 Å². The molecule has 0 bridgehead atoms. The molecule has 1 saturated heterocycles. The number of benzene rings is 2. The van der Waals surface area contributed by atoms with Crippen LogP contribution in [0.1, 0.15) is 35.6 Å². The van der Waals surface area contributed by atoms with Gasteiger partial charge in [-0.2, -0.15) is 0 Å². The van der Waals surface area contributed by atoms with Gasteiger partial charge in [-0.15, -0.1) is 0 Å². The van der Waals surface area contributed by atoms with E-state index in [2.05, 4.69) is 36.2 Å². The lowest BCUT2D eigenvalue weighted by Crippen LogP contribution is -2.38. The highest BCUT2D eigenvalue weighted by molar-refractivity contribution is 5.81. The van der Waals surface area contributed by atoms with Crippen LogP contribution in [-0.4, -0.2) is 28.9 Å². The van der Waals surface area contributed by atoms with E-state index in [-0.39, 0.29) is 18.1 Å². The molecule has 2 heterocycles. The molecule has 0 aliphatic carbocycles. The number of aromatic nitrogens is 1. The number of likely N-dealkylation sites (tertiary alicyclic amines) is 1. The van der Waals surface area contributed by atoms with Crippen molar-refractivity contribution in [1.82, 2.24) is 9.88 Å². The lowest BCUT2D eigenvalue weighted by atomic mass is 9.93. The Labute approximate surface area is 152 Å². The summed E-state index contributed by atoms with van der Waals surface area (Å²) < 4.78 is 13.3. The fraction of sp³-hybridized carbons (Fsp3) is 0.318. The zero-order chi connectivity index (χ0) is 18.1. The smallest absolute Gasteiger partial charge is 0.226 e. The third kappa shape index (κ3) is 3.50. The van der Waals surface area contributed by atoms with Gasteiger partial charge in [0, 0.05) is 30.2 Å². The second kappa shape index (κ2) is 6.94. The molecule has 4 heteroatoms. The Morgan fingerprint density at radius 3 is 2.73 bits per heavy atom. The highest BCUT2D eigenvalue weighted by Gasteiger charge is 2.24. The van der Waals surface area contributed by atoms with Crippen LogP contribution >= 0.6 is 0 Å². The van der Waals surface area contributed by atoms with Crippen LogP contribution in [0.15, 0.2) is 48.5 Å². The van der Waals surface area contributed by atoms with E-state index in [1.807, 2.05) is 4.90 Å². The first-order valence-corrected chi connectivity index (χ1v) is 9.20. The molecule has 0 unspecified atom stereocenters. The monoisotopic (exact) mass is 350 g/mol. The number of nitrogens with one attached hydrogen (secondary N) is 1. The van der Waals surface area contributed by atoms with E-state index >= 15 is 0 Å². The van der Waals surface area contributed by atoms with Gasteiger partial charge in [0.1, 0.15) is 5.82 Å². The lowest BCUT2D eigenvalue weighted by molar-refractivity contribution is -0.131. The molecule has 1 N–H and O–H groups in total. The Kier molecular flexibility index (Phi) is 4.49. The topological polar surface area (TPSA) is 36.1 Å². The van der Waals surface area contributed by atoms with Gasteiger partial charge in [-0.25, -0.2) is 4.39 Å². The average molecular weight is 350 g/mol. The minimum Gasteiger partial charge on any atom is -0.358 e. The van der Waals surface area contributed by atoms with Gasteiger partial charge in [0.25, 0.3) is 0 Å². The molecule has 1 fully saturated rings. The number of fused-ring (bicyclic) bond motifs is 1. The SMILES string of the molecule is Cc1ccc2[nH]c(C3CCN(C(=O)Cc4cccc(F)c4)CC3)cc2c1. The van der Waals surface area contributed by atoms with Crippen molar-refractivity contribution in [3.05, 3.63) is 71.2 Å². The molecule has 1 aromatic heterocycles. The first-order chi connectivity index (χ1) is 12.6. The molecule has 0 atom stereocenters. The first kappa shape index (κ1) is 16.8. The van der Waals surface area contributed by atoms with Crippen LogP contribution in [0.4, 0.5) is 4.39 Å². The number of carbonyl (C=O) groups is 1. The minimum atomic E-state index is -0.289. The molecule has 0 saturated carbocycles. The number of piperidine rings is 1. The molecular weight excluding hydrogens is 327 g/mol. The summed E-state index contributed by atoms with van der Waals surface area (Å²) >= 11 is 0. The highest BCUT2D eigenvalue weighted by atomic mass is 19.1. The van der Waals surface area contributed by atoms with Gasteiger partial charge in [0.15, 0.2) is 0 Å². The van der Waals surface area contributed by atoms with Crippen molar-refractivity contribution in [2.75, 3.05) is 13.1 Å². The quantitative estimate of drug-likeness (QED) is 0.738. The molecule has 0 radical (unpaired) electrons. The number of aromatic amines is 1. The van der Waals surface area contributed by atoms with Gasteiger partial charge in [-0.05, 0) is 61.0 Å². The summed E-state index contributed by atoms with van der Waals surface area (Å²) in [6.07, 6.45) is 2.19. The molecule has 3 aromatic rings. The van der Waals surface area contributed by atoms with Crippen LogP contribution in [0.5, 0.6) is 0 Å². The van der Waals surface area contributed by atoms with Crippen LogP contribution in [0, 0.1) is 12.7 Å². The maximum atomic E-state index is 13.3. The van der Waals surface area contributed by atoms with E-state index in [9.17, 15) is 9.18 Å². The lowest BCUT2D eigenvalue weighted by Gasteiger charge is -2.31. The van der Waals surface area contributed by atoms with Gasteiger partial charge in [0.05, 0.1) is 6.42 Å². The number of hydrogen-bond donors (Lipinski definition) is 1. The van der Waals surface area contributed by atoms with Crippen LogP contribution in [0.25, 0.3) is 10.9 Å². The molecule has 3 nitrogen and oxygen atoms in total. The summed E-state index contributed by atoms with van der Waals surface area (Å²) in [5.41, 5.74) is 4.45. The molecule has 1 amide bonds. The normalized spacial score (nSPS) is 15.5. The molecule has 1 aliphatic rings. The number of amides is 1. The summed E-state index contributed by atoms with van der Waals surface area (Å²) in [4.78, 5) is 17.9. The summed E-state index contributed by atoms with van der Waals surface area (Å²) in [5.74, 6) is 0.255. The van der Waals surface area contributed by atoms with Crippen LogP contribution in [0.2, 0.25) is 0 Å². The molecule has 0 spiro atoms. The Bertz CT molecular complexity index is 938. The number of hydrogen-bond acceptors (Lipinski definition) is 1. The Morgan fingerprint density at radius 1 is 1.15 bits per heavy atom. The highest BCUT2D eigenvalue weighted by Crippen LogP contribution is 2.30. The number of rotatable bonds is 3. The molecule has 1 aliphatic heterocycles. The molecule has 4 rings (SSSR count). The Hall–Kier alpha value is -2.62. The van der Waals surface area contributed by atoms with E-state index in [1.165, 1.54) is 34.3 Å². The molecule has 26 heavy (non-hydrogen) atoms. The van der Waals surface area contributed by atoms with E-state index in [0.29, 0.717) is 5.92 Å². The number of H-pyrrole nitrogens is 1. The summed E-state index contributed by atoms with van der Waals surface area (Å²) in [5, 5.41) is 1.25. The second-order valence-corrected chi connectivity index (χ2v) is 7.28. The first-order valence-electron chi connectivity index (χ1n) is 9.20. The van der Waals surface area contributed by atoms with Gasteiger partial charge in [-0.1, -0.05) is 23.8 Å². The number of nitrogens with zero attached hydrogens (tertiary/aromatic N) is 1. The fourth-order valence-electron chi connectivity index (χ4n) is 3.87. The predicted octanol–water partition coefficient (Wildman–Crippen LogP) is 4.56.